The highest BCUT2D eigenvalue weighted by Crippen LogP contribution is 2.09. The van der Waals surface area contributed by atoms with Gasteiger partial charge in [0, 0.05) is 36.7 Å². The van der Waals surface area contributed by atoms with Gasteiger partial charge in [-0.05, 0) is 38.0 Å². The summed E-state index contributed by atoms with van der Waals surface area (Å²) in [5.74, 6) is 0. The van der Waals surface area contributed by atoms with Crippen molar-refractivity contribution < 1.29 is 0 Å². The van der Waals surface area contributed by atoms with Gasteiger partial charge in [0.15, 0.2) is 0 Å². The lowest BCUT2D eigenvalue weighted by molar-refractivity contribution is 0.684. The molecular weight excluding hydrogens is 212 g/mol. The number of aromatic amines is 1. The minimum absolute atomic E-state index is 0.843. The second-order valence-electron chi connectivity index (χ2n) is 4.32. The lowest BCUT2D eigenvalue weighted by Crippen LogP contribution is -2.14. The van der Waals surface area contributed by atoms with Crippen LogP contribution in [0.1, 0.15) is 28.1 Å². The second-order valence-corrected chi connectivity index (χ2v) is 4.32. The van der Waals surface area contributed by atoms with Crippen LogP contribution in [0, 0.1) is 20.8 Å². The van der Waals surface area contributed by atoms with Crippen LogP contribution in [-0.4, -0.2) is 15.2 Å². The standard InChI is InChI=1S/C13H18N4/c1-9-6-14-5-4-12(9)7-15-8-13-10(2)16-17-11(13)3/h4-6,15H,7-8H2,1-3H3,(H,16,17). The van der Waals surface area contributed by atoms with E-state index in [1.165, 1.54) is 16.7 Å². The molecule has 2 aromatic heterocycles. The first-order valence-electron chi connectivity index (χ1n) is 5.79. The Hall–Kier alpha value is -1.68. The highest BCUT2D eigenvalue weighted by molar-refractivity contribution is 5.24. The predicted octanol–water partition coefficient (Wildman–Crippen LogP) is 2.02. The summed E-state index contributed by atoms with van der Waals surface area (Å²) in [6.07, 6.45) is 3.73. The first-order chi connectivity index (χ1) is 8.18. The molecule has 0 aliphatic carbocycles. The minimum Gasteiger partial charge on any atom is -0.308 e. The number of nitrogens with one attached hydrogen (secondary N) is 2. The molecule has 4 nitrogen and oxygen atoms in total. The number of hydrogen-bond acceptors (Lipinski definition) is 3. The number of aryl methyl sites for hydroxylation is 3. The van der Waals surface area contributed by atoms with Crippen LogP contribution in [0.2, 0.25) is 0 Å². The van der Waals surface area contributed by atoms with Gasteiger partial charge in [-0.3, -0.25) is 10.1 Å². The van der Waals surface area contributed by atoms with E-state index < -0.39 is 0 Å². The van der Waals surface area contributed by atoms with E-state index in [1.54, 1.807) is 0 Å². The van der Waals surface area contributed by atoms with E-state index in [2.05, 4.69) is 40.4 Å². The average molecular weight is 230 g/mol. The van der Waals surface area contributed by atoms with Crippen molar-refractivity contribution in [3.05, 3.63) is 46.5 Å². The van der Waals surface area contributed by atoms with Crippen LogP contribution in [0.25, 0.3) is 0 Å². The molecule has 17 heavy (non-hydrogen) atoms. The van der Waals surface area contributed by atoms with E-state index >= 15 is 0 Å². The summed E-state index contributed by atoms with van der Waals surface area (Å²) in [6.45, 7) is 7.86. The quantitative estimate of drug-likeness (QED) is 0.845. The summed E-state index contributed by atoms with van der Waals surface area (Å²) in [5.41, 5.74) is 5.99. The van der Waals surface area contributed by atoms with Gasteiger partial charge in [-0.25, -0.2) is 0 Å². The van der Waals surface area contributed by atoms with E-state index in [0.717, 1.165) is 24.5 Å². The Bertz CT molecular complexity index is 482. The molecule has 0 saturated heterocycles. The molecule has 0 fully saturated rings. The number of nitrogens with zero attached hydrogens (tertiary/aromatic N) is 2. The molecule has 0 aliphatic rings. The first kappa shape index (κ1) is 11.8. The van der Waals surface area contributed by atoms with Crippen LogP contribution < -0.4 is 5.32 Å². The van der Waals surface area contributed by atoms with E-state index in [-0.39, 0.29) is 0 Å². The summed E-state index contributed by atoms with van der Waals surface area (Å²) in [5, 5.41) is 10.6. The van der Waals surface area contributed by atoms with Crippen molar-refractivity contribution in [2.75, 3.05) is 0 Å². The zero-order valence-corrected chi connectivity index (χ0v) is 10.5. The van der Waals surface area contributed by atoms with Gasteiger partial charge in [-0.2, -0.15) is 5.10 Å². The van der Waals surface area contributed by atoms with Gasteiger partial charge in [0.2, 0.25) is 0 Å². The fourth-order valence-electron chi connectivity index (χ4n) is 1.86. The predicted molar refractivity (Wildman–Crippen MR) is 67.6 cm³/mol. The average Bonchev–Trinajstić information content (AvgIpc) is 2.63. The SMILES string of the molecule is Cc1cnccc1CNCc1c(C)n[nH]c1C. The van der Waals surface area contributed by atoms with Gasteiger partial charge in [-0.1, -0.05) is 0 Å². The van der Waals surface area contributed by atoms with Crippen molar-refractivity contribution in [1.82, 2.24) is 20.5 Å². The zero-order chi connectivity index (χ0) is 12.3. The van der Waals surface area contributed by atoms with Crippen molar-refractivity contribution >= 4 is 0 Å². The molecule has 4 heteroatoms. The summed E-state index contributed by atoms with van der Waals surface area (Å²) >= 11 is 0. The fraction of sp³-hybridized carbons (Fsp3) is 0.385. The zero-order valence-electron chi connectivity index (χ0n) is 10.5. The summed E-state index contributed by atoms with van der Waals surface area (Å²) < 4.78 is 0. The molecule has 0 spiro atoms. The number of H-pyrrole nitrogens is 1. The molecule has 2 rings (SSSR count). The highest BCUT2D eigenvalue weighted by atomic mass is 15.1. The highest BCUT2D eigenvalue weighted by Gasteiger charge is 2.05. The molecule has 0 aromatic carbocycles. The van der Waals surface area contributed by atoms with Crippen LogP contribution in [-0.2, 0) is 13.1 Å². The van der Waals surface area contributed by atoms with Gasteiger partial charge < -0.3 is 5.32 Å². The molecule has 0 aliphatic heterocycles. The van der Waals surface area contributed by atoms with Crippen LogP contribution in [0.5, 0.6) is 0 Å². The maximum atomic E-state index is 4.18. The molecule has 0 unspecified atom stereocenters. The summed E-state index contributed by atoms with van der Waals surface area (Å²) in [6, 6.07) is 2.05. The third-order valence-electron chi connectivity index (χ3n) is 3.03. The van der Waals surface area contributed by atoms with E-state index in [4.69, 9.17) is 0 Å². The lowest BCUT2D eigenvalue weighted by Gasteiger charge is -2.07. The minimum atomic E-state index is 0.843. The fourth-order valence-corrected chi connectivity index (χ4v) is 1.86. The maximum absolute atomic E-state index is 4.18. The number of rotatable bonds is 4. The Morgan fingerprint density at radius 3 is 2.71 bits per heavy atom. The molecule has 90 valence electrons. The Balaban J connectivity index is 1.95. The molecule has 0 amide bonds. The van der Waals surface area contributed by atoms with Crippen LogP contribution in [0.4, 0.5) is 0 Å². The van der Waals surface area contributed by atoms with Crippen molar-refractivity contribution in [1.29, 1.82) is 0 Å². The van der Waals surface area contributed by atoms with E-state index in [9.17, 15) is 0 Å². The normalized spacial score (nSPS) is 10.8. The Labute approximate surface area is 101 Å². The summed E-state index contributed by atoms with van der Waals surface area (Å²) in [4.78, 5) is 4.09. The second kappa shape index (κ2) is 5.10. The number of hydrogen-bond donors (Lipinski definition) is 2. The van der Waals surface area contributed by atoms with Crippen molar-refractivity contribution in [3.63, 3.8) is 0 Å². The van der Waals surface area contributed by atoms with Crippen molar-refractivity contribution in [3.8, 4) is 0 Å². The first-order valence-corrected chi connectivity index (χ1v) is 5.79. The van der Waals surface area contributed by atoms with Gasteiger partial charge in [-0.15, -0.1) is 0 Å². The van der Waals surface area contributed by atoms with Gasteiger partial charge >= 0.3 is 0 Å². The Morgan fingerprint density at radius 1 is 1.24 bits per heavy atom. The number of pyridine rings is 1. The molecule has 0 saturated carbocycles. The van der Waals surface area contributed by atoms with Crippen LogP contribution >= 0.6 is 0 Å². The van der Waals surface area contributed by atoms with Crippen LogP contribution in [0.3, 0.4) is 0 Å². The Morgan fingerprint density at radius 2 is 2.06 bits per heavy atom. The molecule has 2 heterocycles. The molecule has 0 radical (unpaired) electrons. The van der Waals surface area contributed by atoms with E-state index in [0.29, 0.717) is 0 Å². The van der Waals surface area contributed by atoms with Crippen LogP contribution in [0.15, 0.2) is 18.5 Å². The molecular formula is C13H18N4. The summed E-state index contributed by atoms with van der Waals surface area (Å²) in [7, 11) is 0. The lowest BCUT2D eigenvalue weighted by atomic mass is 10.1. The number of aromatic nitrogens is 3. The van der Waals surface area contributed by atoms with Gasteiger partial charge in [0.05, 0.1) is 5.69 Å². The molecule has 0 bridgehead atoms. The smallest absolute Gasteiger partial charge is 0.0638 e. The maximum Gasteiger partial charge on any atom is 0.0638 e. The van der Waals surface area contributed by atoms with E-state index in [1.807, 2.05) is 19.3 Å². The topological polar surface area (TPSA) is 53.6 Å². The Kier molecular flexibility index (Phi) is 3.54. The molecule has 2 N–H and O–H groups in total. The third kappa shape index (κ3) is 2.71. The molecule has 0 atom stereocenters. The molecule has 2 aromatic rings. The van der Waals surface area contributed by atoms with Gasteiger partial charge in [0.1, 0.15) is 0 Å². The largest absolute Gasteiger partial charge is 0.308 e. The monoisotopic (exact) mass is 230 g/mol. The van der Waals surface area contributed by atoms with Crippen molar-refractivity contribution in [2.45, 2.75) is 33.9 Å². The van der Waals surface area contributed by atoms with Gasteiger partial charge in [0.25, 0.3) is 0 Å². The van der Waals surface area contributed by atoms with Crippen molar-refractivity contribution in [2.24, 2.45) is 0 Å². The third-order valence-corrected chi connectivity index (χ3v) is 3.03.